The predicted octanol–water partition coefficient (Wildman–Crippen LogP) is 1.89. The van der Waals surface area contributed by atoms with Crippen LogP contribution in [0.4, 0.5) is 5.69 Å². The quantitative estimate of drug-likeness (QED) is 0.626. The molecule has 1 aliphatic rings. The fraction of sp³-hybridized carbons (Fsp3) is 0.500. The highest BCUT2D eigenvalue weighted by Crippen LogP contribution is 2.27. The van der Waals surface area contributed by atoms with Crippen LogP contribution in [0.3, 0.4) is 0 Å². The lowest BCUT2D eigenvalue weighted by Crippen LogP contribution is -2.42. The van der Waals surface area contributed by atoms with E-state index in [4.69, 9.17) is 4.74 Å². The van der Waals surface area contributed by atoms with Gasteiger partial charge in [0.05, 0.1) is 17.1 Å². The summed E-state index contributed by atoms with van der Waals surface area (Å²) in [4.78, 5) is 10.4. The molecule has 1 fully saturated rings. The minimum atomic E-state index is -0.377. The monoisotopic (exact) mass is 236 g/mol. The van der Waals surface area contributed by atoms with Crippen LogP contribution >= 0.6 is 0 Å². The number of nitrogens with zero attached hydrogens (tertiary/aromatic N) is 1. The van der Waals surface area contributed by atoms with Crippen molar-refractivity contribution in [1.29, 1.82) is 0 Å². The number of ether oxygens (including phenoxy) is 1. The van der Waals surface area contributed by atoms with Gasteiger partial charge in [0.15, 0.2) is 0 Å². The van der Waals surface area contributed by atoms with Crippen LogP contribution < -0.4 is 10.1 Å². The Morgan fingerprint density at radius 3 is 2.88 bits per heavy atom. The van der Waals surface area contributed by atoms with Crippen molar-refractivity contribution in [3.05, 3.63) is 33.9 Å². The summed E-state index contributed by atoms with van der Waals surface area (Å²) in [6, 6.07) is 4.94. The summed E-state index contributed by atoms with van der Waals surface area (Å²) in [6.45, 7) is 4.45. The van der Waals surface area contributed by atoms with Crippen molar-refractivity contribution in [2.45, 2.75) is 13.3 Å². The lowest BCUT2D eigenvalue weighted by molar-refractivity contribution is -0.385. The van der Waals surface area contributed by atoms with Crippen LogP contribution in [-0.4, -0.2) is 24.6 Å². The fourth-order valence-electron chi connectivity index (χ4n) is 1.85. The van der Waals surface area contributed by atoms with E-state index in [1.807, 2.05) is 0 Å². The topological polar surface area (TPSA) is 64.4 Å². The summed E-state index contributed by atoms with van der Waals surface area (Å²) >= 11 is 0. The highest BCUT2D eigenvalue weighted by Gasteiger charge is 2.17. The highest BCUT2D eigenvalue weighted by molar-refractivity contribution is 5.48. The summed E-state index contributed by atoms with van der Waals surface area (Å²) in [5.74, 6) is 1.31. The lowest BCUT2D eigenvalue weighted by atomic mass is 10.0. The molecular weight excluding hydrogens is 220 g/mol. The van der Waals surface area contributed by atoms with Crippen LogP contribution in [0.1, 0.15) is 12.0 Å². The van der Waals surface area contributed by atoms with Crippen LogP contribution in [0, 0.1) is 23.0 Å². The molecule has 0 aliphatic carbocycles. The van der Waals surface area contributed by atoms with Gasteiger partial charge in [-0.15, -0.1) is 0 Å². The van der Waals surface area contributed by atoms with E-state index in [2.05, 4.69) is 5.32 Å². The molecule has 1 aromatic rings. The molecule has 0 atom stereocenters. The maximum atomic E-state index is 10.8. The SMILES string of the molecule is Cc1c(OCCC2CNC2)cccc1[N+](=O)[O-]. The summed E-state index contributed by atoms with van der Waals surface area (Å²) in [6.07, 6.45) is 0.995. The third-order valence-electron chi connectivity index (χ3n) is 3.10. The minimum Gasteiger partial charge on any atom is -0.493 e. The fourth-order valence-corrected chi connectivity index (χ4v) is 1.85. The molecule has 0 bridgehead atoms. The van der Waals surface area contributed by atoms with Crippen molar-refractivity contribution in [2.24, 2.45) is 5.92 Å². The molecule has 5 nitrogen and oxygen atoms in total. The first kappa shape index (κ1) is 11.9. The second-order valence-corrected chi connectivity index (χ2v) is 4.32. The Morgan fingerprint density at radius 2 is 2.29 bits per heavy atom. The predicted molar refractivity (Wildman–Crippen MR) is 64.3 cm³/mol. The number of hydrogen-bond donors (Lipinski definition) is 1. The summed E-state index contributed by atoms with van der Waals surface area (Å²) in [5.41, 5.74) is 0.719. The summed E-state index contributed by atoms with van der Waals surface area (Å²) in [7, 11) is 0. The zero-order valence-corrected chi connectivity index (χ0v) is 9.81. The first-order chi connectivity index (χ1) is 8.18. The zero-order chi connectivity index (χ0) is 12.3. The van der Waals surface area contributed by atoms with Gasteiger partial charge in [-0.25, -0.2) is 0 Å². The summed E-state index contributed by atoms with van der Waals surface area (Å²) < 4.78 is 5.60. The highest BCUT2D eigenvalue weighted by atomic mass is 16.6. The molecule has 1 heterocycles. The number of nitrogens with one attached hydrogen (secondary N) is 1. The molecule has 0 radical (unpaired) electrons. The third kappa shape index (κ3) is 2.74. The van der Waals surface area contributed by atoms with Gasteiger partial charge in [-0.1, -0.05) is 6.07 Å². The van der Waals surface area contributed by atoms with Crippen molar-refractivity contribution in [3.8, 4) is 5.75 Å². The molecule has 1 saturated heterocycles. The smallest absolute Gasteiger partial charge is 0.276 e. The average molecular weight is 236 g/mol. The molecule has 1 aromatic carbocycles. The van der Waals surface area contributed by atoms with E-state index in [0.717, 1.165) is 19.5 Å². The van der Waals surface area contributed by atoms with E-state index < -0.39 is 0 Å². The van der Waals surface area contributed by atoms with Gasteiger partial charge in [0.1, 0.15) is 5.75 Å². The molecule has 0 amide bonds. The molecule has 0 aromatic heterocycles. The largest absolute Gasteiger partial charge is 0.493 e. The number of benzene rings is 1. The Hall–Kier alpha value is -1.62. The molecule has 1 aliphatic heterocycles. The Bertz CT molecular complexity index is 416. The Balaban J connectivity index is 1.95. The van der Waals surface area contributed by atoms with E-state index in [9.17, 15) is 10.1 Å². The van der Waals surface area contributed by atoms with Gasteiger partial charge >= 0.3 is 0 Å². The van der Waals surface area contributed by atoms with Crippen molar-refractivity contribution < 1.29 is 9.66 Å². The first-order valence-corrected chi connectivity index (χ1v) is 5.76. The normalized spacial score (nSPS) is 15.4. The van der Waals surface area contributed by atoms with Crippen LogP contribution in [0.5, 0.6) is 5.75 Å². The molecule has 2 rings (SSSR count). The maximum absolute atomic E-state index is 10.8. The molecular formula is C12H16N2O3. The van der Waals surface area contributed by atoms with Crippen LogP contribution in [0.25, 0.3) is 0 Å². The Kier molecular flexibility index (Phi) is 3.58. The number of nitro groups is 1. The molecule has 5 heteroatoms. The third-order valence-corrected chi connectivity index (χ3v) is 3.10. The number of nitro benzene ring substituents is 1. The van der Waals surface area contributed by atoms with Crippen molar-refractivity contribution in [1.82, 2.24) is 5.32 Å². The van der Waals surface area contributed by atoms with E-state index in [1.165, 1.54) is 6.07 Å². The lowest BCUT2D eigenvalue weighted by Gasteiger charge is -2.26. The van der Waals surface area contributed by atoms with Crippen molar-refractivity contribution in [2.75, 3.05) is 19.7 Å². The van der Waals surface area contributed by atoms with Gasteiger partial charge in [0.25, 0.3) is 5.69 Å². The molecule has 0 spiro atoms. The van der Waals surface area contributed by atoms with Crippen molar-refractivity contribution >= 4 is 5.69 Å². The van der Waals surface area contributed by atoms with Crippen LogP contribution in [0.15, 0.2) is 18.2 Å². The van der Waals surface area contributed by atoms with E-state index in [0.29, 0.717) is 23.8 Å². The van der Waals surface area contributed by atoms with E-state index >= 15 is 0 Å². The standard InChI is InChI=1S/C12H16N2O3/c1-9-11(14(15)16)3-2-4-12(9)17-6-5-10-7-13-8-10/h2-4,10,13H,5-8H2,1H3. The van der Waals surface area contributed by atoms with Gasteiger partial charge in [-0.3, -0.25) is 10.1 Å². The summed E-state index contributed by atoms with van der Waals surface area (Å²) in [5, 5.41) is 14.0. The van der Waals surface area contributed by atoms with Gasteiger partial charge in [-0.2, -0.15) is 0 Å². The van der Waals surface area contributed by atoms with E-state index in [1.54, 1.807) is 19.1 Å². The van der Waals surface area contributed by atoms with Crippen LogP contribution in [0.2, 0.25) is 0 Å². The molecule has 92 valence electrons. The Labute approximate surface area is 99.9 Å². The number of rotatable bonds is 5. The van der Waals surface area contributed by atoms with Gasteiger partial charge < -0.3 is 10.1 Å². The van der Waals surface area contributed by atoms with Crippen molar-refractivity contribution in [3.63, 3.8) is 0 Å². The second kappa shape index (κ2) is 5.14. The van der Waals surface area contributed by atoms with E-state index in [-0.39, 0.29) is 10.6 Å². The van der Waals surface area contributed by atoms with Gasteiger partial charge in [0.2, 0.25) is 0 Å². The van der Waals surface area contributed by atoms with Gasteiger partial charge in [-0.05, 0) is 38.4 Å². The minimum absolute atomic E-state index is 0.118. The average Bonchev–Trinajstić information content (AvgIpc) is 2.23. The zero-order valence-electron chi connectivity index (χ0n) is 9.81. The molecule has 0 unspecified atom stereocenters. The first-order valence-electron chi connectivity index (χ1n) is 5.76. The van der Waals surface area contributed by atoms with Gasteiger partial charge in [0, 0.05) is 6.07 Å². The Morgan fingerprint density at radius 1 is 1.53 bits per heavy atom. The molecule has 1 N–H and O–H groups in total. The molecule has 17 heavy (non-hydrogen) atoms. The number of hydrogen-bond acceptors (Lipinski definition) is 4. The van der Waals surface area contributed by atoms with Crippen LogP contribution in [-0.2, 0) is 0 Å². The molecule has 0 saturated carbocycles. The maximum Gasteiger partial charge on any atom is 0.276 e. The second-order valence-electron chi connectivity index (χ2n) is 4.32.